The number of fused-ring (bicyclic) bond motifs is 3. The predicted molar refractivity (Wildman–Crippen MR) is 155 cm³/mol. The average molecular weight is 572 g/mol. The molecule has 4 aliphatic rings. The van der Waals surface area contributed by atoms with Gasteiger partial charge in [0.25, 0.3) is 0 Å². The number of benzene rings is 2. The summed E-state index contributed by atoms with van der Waals surface area (Å²) in [5, 5.41) is 15.0. The van der Waals surface area contributed by atoms with Crippen LogP contribution < -0.4 is 20.3 Å². The quantitative estimate of drug-likeness (QED) is 0.316. The van der Waals surface area contributed by atoms with E-state index < -0.39 is 15.3 Å². The van der Waals surface area contributed by atoms with Gasteiger partial charge in [0.2, 0.25) is 5.91 Å². The number of sulfone groups is 1. The van der Waals surface area contributed by atoms with Crippen molar-refractivity contribution in [3.63, 3.8) is 0 Å². The van der Waals surface area contributed by atoms with Gasteiger partial charge < -0.3 is 20.3 Å². The van der Waals surface area contributed by atoms with E-state index in [0.717, 1.165) is 64.4 Å². The van der Waals surface area contributed by atoms with Crippen LogP contribution in [-0.2, 0) is 20.0 Å². The van der Waals surface area contributed by atoms with Crippen LogP contribution in [0.1, 0.15) is 48.0 Å². The molecule has 11 nitrogen and oxygen atoms in total. The molecule has 1 amide bonds. The third-order valence-corrected chi connectivity index (χ3v) is 10.5. The summed E-state index contributed by atoms with van der Waals surface area (Å²) in [5.74, 6) is 4.27. The average Bonchev–Trinajstić information content (AvgIpc) is 3.88. The zero-order valence-corrected chi connectivity index (χ0v) is 23.3. The minimum Gasteiger partial charge on any atom is -0.497 e. The summed E-state index contributed by atoms with van der Waals surface area (Å²) in [6.45, 7) is 0.851. The summed E-state index contributed by atoms with van der Waals surface area (Å²) in [6, 6.07) is 13.8. The Labute approximate surface area is 236 Å². The molecule has 210 valence electrons. The van der Waals surface area contributed by atoms with E-state index in [2.05, 4.69) is 33.0 Å². The maximum Gasteiger partial charge on any atom is 0.235 e. The van der Waals surface area contributed by atoms with Crippen LogP contribution in [0.15, 0.2) is 42.5 Å². The first-order valence-corrected chi connectivity index (χ1v) is 15.7. The van der Waals surface area contributed by atoms with Crippen molar-refractivity contribution in [3.05, 3.63) is 59.4 Å². The normalized spacial score (nSPS) is 24.4. The van der Waals surface area contributed by atoms with E-state index in [1.54, 1.807) is 7.11 Å². The molecule has 4 aromatic rings. The molecular weight excluding hydrogens is 542 g/mol. The lowest BCUT2D eigenvalue weighted by Gasteiger charge is -2.28. The Morgan fingerprint density at radius 2 is 1.90 bits per heavy atom. The number of aromatic nitrogens is 4. The minimum absolute atomic E-state index is 0.0372. The van der Waals surface area contributed by atoms with Crippen LogP contribution in [0, 0.1) is 0 Å². The maximum atomic E-state index is 13.1. The molecule has 1 spiro atoms. The summed E-state index contributed by atoms with van der Waals surface area (Å²) >= 11 is 0. The molecule has 2 aliphatic heterocycles. The summed E-state index contributed by atoms with van der Waals surface area (Å²) in [4.78, 5) is 24.7. The van der Waals surface area contributed by atoms with Crippen LogP contribution >= 0.6 is 0 Å². The summed E-state index contributed by atoms with van der Waals surface area (Å²) < 4.78 is 29.3. The molecule has 2 aromatic heterocycles. The molecule has 0 unspecified atom stereocenters. The molecule has 2 aromatic carbocycles. The first-order valence-electron chi connectivity index (χ1n) is 13.9. The SMILES string of the molecule is COc1ccc2c(c1)[C@]1(C[C@H]1c1ccc3c(Nc4cc(N5CCS(=O)(=O)CC5)nc(C5CC5)n4)n[nH]c3c1)C(=O)N2. The fourth-order valence-corrected chi connectivity index (χ4v) is 7.51. The molecule has 0 radical (unpaired) electrons. The van der Waals surface area contributed by atoms with Gasteiger partial charge in [-0.05, 0) is 60.7 Å². The number of aromatic amines is 1. The van der Waals surface area contributed by atoms with Gasteiger partial charge in [0.15, 0.2) is 15.7 Å². The van der Waals surface area contributed by atoms with Crippen molar-refractivity contribution >= 4 is 49.8 Å². The van der Waals surface area contributed by atoms with Crippen LogP contribution in [0.2, 0.25) is 0 Å². The molecule has 3 fully saturated rings. The third kappa shape index (κ3) is 4.03. The lowest BCUT2D eigenvalue weighted by Crippen LogP contribution is -2.40. The van der Waals surface area contributed by atoms with Crippen LogP contribution in [0.5, 0.6) is 5.75 Å². The van der Waals surface area contributed by atoms with E-state index in [4.69, 9.17) is 14.7 Å². The molecule has 3 N–H and O–H groups in total. The highest BCUT2D eigenvalue weighted by Crippen LogP contribution is 2.65. The van der Waals surface area contributed by atoms with Crippen LogP contribution in [-0.4, -0.2) is 66.2 Å². The third-order valence-electron chi connectivity index (χ3n) is 8.90. The van der Waals surface area contributed by atoms with Crippen molar-refractivity contribution in [2.45, 2.75) is 36.5 Å². The number of amides is 1. The Morgan fingerprint density at radius 1 is 1.07 bits per heavy atom. The Balaban J connectivity index is 1.07. The highest BCUT2D eigenvalue weighted by atomic mass is 32.2. The number of nitrogens with zero attached hydrogens (tertiary/aromatic N) is 4. The van der Waals surface area contributed by atoms with E-state index in [0.29, 0.717) is 30.6 Å². The number of carbonyl (C=O) groups excluding carboxylic acids is 1. The smallest absolute Gasteiger partial charge is 0.235 e. The second kappa shape index (κ2) is 8.65. The van der Waals surface area contributed by atoms with Gasteiger partial charge in [0, 0.05) is 42.1 Å². The Bertz CT molecular complexity index is 1840. The van der Waals surface area contributed by atoms with Crippen LogP contribution in [0.25, 0.3) is 10.9 Å². The van der Waals surface area contributed by atoms with Crippen LogP contribution in [0.4, 0.5) is 23.1 Å². The van der Waals surface area contributed by atoms with Crippen molar-refractivity contribution in [1.82, 2.24) is 20.2 Å². The van der Waals surface area contributed by atoms with Gasteiger partial charge in [0.1, 0.15) is 23.2 Å². The van der Waals surface area contributed by atoms with Crippen molar-refractivity contribution in [1.29, 1.82) is 0 Å². The predicted octanol–water partition coefficient (Wildman–Crippen LogP) is 3.59. The molecule has 41 heavy (non-hydrogen) atoms. The van der Waals surface area contributed by atoms with Crippen molar-refractivity contribution < 1.29 is 17.9 Å². The summed E-state index contributed by atoms with van der Waals surface area (Å²) in [5.41, 5.74) is 3.24. The number of hydrogen-bond acceptors (Lipinski definition) is 9. The first-order chi connectivity index (χ1) is 19.8. The monoisotopic (exact) mass is 571 g/mol. The molecule has 1 saturated heterocycles. The lowest BCUT2D eigenvalue weighted by molar-refractivity contribution is -0.118. The van der Waals surface area contributed by atoms with E-state index in [-0.39, 0.29) is 23.3 Å². The second-order valence-electron chi connectivity index (χ2n) is 11.5. The Hall–Kier alpha value is -4.19. The second-order valence-corrected chi connectivity index (χ2v) is 13.8. The zero-order chi connectivity index (χ0) is 27.9. The number of carbonyl (C=O) groups is 1. The Kier molecular flexibility index (Phi) is 5.19. The highest BCUT2D eigenvalue weighted by molar-refractivity contribution is 7.91. The number of ether oxygens (including phenoxy) is 1. The number of nitrogens with one attached hydrogen (secondary N) is 3. The molecule has 0 bridgehead atoms. The number of hydrogen-bond donors (Lipinski definition) is 3. The van der Waals surface area contributed by atoms with E-state index in [1.165, 1.54) is 0 Å². The van der Waals surface area contributed by atoms with Gasteiger partial charge in [-0.3, -0.25) is 9.89 Å². The molecular formula is C29H29N7O4S. The molecule has 2 aliphatic carbocycles. The topological polar surface area (TPSA) is 142 Å². The first kappa shape index (κ1) is 24.6. The lowest BCUT2D eigenvalue weighted by atomic mass is 9.91. The van der Waals surface area contributed by atoms with Gasteiger partial charge in [-0.25, -0.2) is 18.4 Å². The van der Waals surface area contributed by atoms with Crippen molar-refractivity contribution in [2.24, 2.45) is 0 Å². The summed E-state index contributed by atoms with van der Waals surface area (Å²) in [7, 11) is -1.35. The Morgan fingerprint density at radius 3 is 2.68 bits per heavy atom. The van der Waals surface area contributed by atoms with Crippen molar-refractivity contribution in [2.75, 3.05) is 47.2 Å². The molecule has 2 saturated carbocycles. The van der Waals surface area contributed by atoms with Gasteiger partial charge in [-0.1, -0.05) is 6.07 Å². The van der Waals surface area contributed by atoms with Crippen LogP contribution in [0.3, 0.4) is 0 Å². The number of rotatable bonds is 6. The minimum atomic E-state index is -2.99. The standard InChI is InChI=1S/C29H29N7O4S/c1-40-18-5-7-22-20(13-18)29(28(37)30-22)15-21(29)17-4-6-19-23(12-17)34-35-27(19)32-24-14-25(33-26(31-24)16-2-3-16)36-8-10-41(38,39)11-9-36/h4-7,12-14,16,21H,2-3,8-11,15H2,1H3,(H,30,37)(H2,31,32,33,34,35)/t21-,29-/m0/s1. The number of anilines is 4. The largest absolute Gasteiger partial charge is 0.497 e. The van der Waals surface area contributed by atoms with Gasteiger partial charge in [-0.15, -0.1) is 0 Å². The fraction of sp³-hybridized carbons (Fsp3) is 0.379. The van der Waals surface area contributed by atoms with E-state index >= 15 is 0 Å². The highest BCUT2D eigenvalue weighted by Gasteiger charge is 2.65. The molecule has 4 heterocycles. The number of methoxy groups -OCH3 is 1. The molecule has 8 rings (SSSR count). The van der Waals surface area contributed by atoms with Gasteiger partial charge >= 0.3 is 0 Å². The fourth-order valence-electron chi connectivity index (χ4n) is 6.31. The van der Waals surface area contributed by atoms with Crippen molar-refractivity contribution in [3.8, 4) is 5.75 Å². The van der Waals surface area contributed by atoms with Gasteiger partial charge in [0.05, 0.1) is 29.5 Å². The zero-order valence-electron chi connectivity index (χ0n) is 22.5. The molecule has 2 atom stereocenters. The van der Waals surface area contributed by atoms with E-state index in [9.17, 15) is 13.2 Å². The maximum absolute atomic E-state index is 13.1. The summed E-state index contributed by atoms with van der Waals surface area (Å²) in [6.07, 6.45) is 2.86. The number of H-pyrrole nitrogens is 1. The van der Waals surface area contributed by atoms with E-state index in [1.807, 2.05) is 35.2 Å². The molecule has 12 heteroatoms. The van der Waals surface area contributed by atoms with Gasteiger partial charge in [-0.2, -0.15) is 5.10 Å².